The Balaban J connectivity index is 1.35. The van der Waals surface area contributed by atoms with E-state index in [4.69, 9.17) is 20.0 Å². The van der Waals surface area contributed by atoms with E-state index in [1.165, 1.54) is 35.3 Å². The van der Waals surface area contributed by atoms with Gasteiger partial charge in [0.2, 0.25) is 0 Å². The number of carbonyl (C=O) groups is 2. The molecule has 238 valence electrons. The maximum atomic E-state index is 11.7. The van der Waals surface area contributed by atoms with E-state index >= 15 is 0 Å². The van der Waals surface area contributed by atoms with E-state index < -0.39 is 7.82 Å². The largest absolute Gasteiger partial charge is 0.524 e. The van der Waals surface area contributed by atoms with Crippen LogP contribution in [0, 0.1) is 0 Å². The van der Waals surface area contributed by atoms with E-state index in [1.54, 1.807) is 0 Å². The number of amides is 2. The number of phenols is 1. The normalized spacial score (nSPS) is 13.5. The van der Waals surface area contributed by atoms with Crippen LogP contribution in [0.15, 0.2) is 48.6 Å². The summed E-state index contributed by atoms with van der Waals surface area (Å²) in [6.45, 7) is 3.48. The number of hydrogen-bond acceptors (Lipinski definition) is 9. The van der Waals surface area contributed by atoms with Crippen molar-refractivity contribution in [2.75, 3.05) is 25.5 Å². The van der Waals surface area contributed by atoms with Crippen molar-refractivity contribution in [3.63, 3.8) is 0 Å². The Hall–Kier alpha value is -4.29. The first kappa shape index (κ1) is 32.1. The first-order valence-electron chi connectivity index (χ1n) is 14.8. The number of unbranched alkanes of at least 4 members (excludes halogenated alkanes) is 1. The summed E-state index contributed by atoms with van der Waals surface area (Å²) in [5, 5.41) is 11.0. The van der Waals surface area contributed by atoms with Gasteiger partial charge in [0.1, 0.15) is 22.8 Å². The number of phenolic OH excluding ortho intramolecular Hbond substituents is 1. The van der Waals surface area contributed by atoms with Crippen molar-refractivity contribution in [2.45, 2.75) is 52.0 Å². The molecule has 45 heavy (non-hydrogen) atoms. The number of aryl methyl sites for hydroxylation is 2. The molecule has 4 aromatic rings. The molecule has 0 saturated heterocycles. The quantitative estimate of drug-likeness (QED) is 0.0837. The number of phosphoric acid groups is 1. The number of imidazole rings is 1. The molecule has 1 aliphatic rings. The van der Waals surface area contributed by atoms with Crippen LogP contribution in [-0.4, -0.2) is 65.9 Å². The number of nitrogens with zero attached hydrogens (tertiary/aromatic N) is 4. The number of hydrogen-bond donors (Lipinski definition) is 4. The van der Waals surface area contributed by atoms with Crippen molar-refractivity contribution in [1.29, 1.82) is 0 Å². The number of phosphoric ester groups is 1. The lowest BCUT2D eigenvalue weighted by Crippen LogP contribution is -2.31. The minimum atomic E-state index is -4.85. The lowest BCUT2D eigenvalue weighted by molar-refractivity contribution is -0.136. The van der Waals surface area contributed by atoms with Gasteiger partial charge >= 0.3 is 7.82 Å². The van der Waals surface area contributed by atoms with Crippen LogP contribution in [0.4, 0.5) is 5.82 Å². The molecule has 0 atom stereocenters. The second-order valence-corrected chi connectivity index (χ2v) is 12.0. The summed E-state index contributed by atoms with van der Waals surface area (Å²) >= 11 is 0. The maximum absolute atomic E-state index is 11.7. The third-order valence-corrected chi connectivity index (χ3v) is 7.95. The summed E-state index contributed by atoms with van der Waals surface area (Å²) in [5.74, 6) is 0.297. The average Bonchev–Trinajstić information content (AvgIpc) is 3.51. The molecule has 3 heterocycles. The van der Waals surface area contributed by atoms with E-state index in [0.29, 0.717) is 49.2 Å². The van der Waals surface area contributed by atoms with Crippen LogP contribution in [0.5, 0.6) is 11.5 Å². The number of aromatic nitrogens is 3. The molecule has 0 saturated carbocycles. The van der Waals surface area contributed by atoms with Crippen molar-refractivity contribution in [2.24, 2.45) is 0 Å². The highest BCUT2D eigenvalue weighted by Gasteiger charge is 2.23. The van der Waals surface area contributed by atoms with Gasteiger partial charge in [-0.3, -0.25) is 24.3 Å². The Morgan fingerprint density at radius 2 is 1.71 bits per heavy atom. The molecule has 0 aliphatic carbocycles. The molecule has 5 N–H and O–H groups in total. The van der Waals surface area contributed by atoms with Gasteiger partial charge in [-0.25, -0.2) is 14.5 Å². The second kappa shape index (κ2) is 13.8. The summed E-state index contributed by atoms with van der Waals surface area (Å²) in [4.78, 5) is 52.8. The predicted octanol–water partition coefficient (Wildman–Crippen LogP) is 4.00. The van der Waals surface area contributed by atoms with Gasteiger partial charge in [0.25, 0.3) is 11.8 Å². The lowest BCUT2D eigenvalue weighted by atomic mass is 10.1. The van der Waals surface area contributed by atoms with E-state index in [1.807, 2.05) is 22.8 Å². The molecule has 0 bridgehead atoms. The van der Waals surface area contributed by atoms with Crippen LogP contribution in [0.25, 0.3) is 21.9 Å². The average molecular weight is 638 g/mol. The number of aromatic hydroxyl groups is 1. The van der Waals surface area contributed by atoms with Crippen LogP contribution in [-0.2, 0) is 38.3 Å². The fraction of sp³-hybridized carbons (Fsp3) is 0.355. The molecule has 0 radical (unpaired) electrons. The highest BCUT2D eigenvalue weighted by molar-refractivity contribution is 7.46. The molecule has 5 rings (SSSR count). The molecule has 1 aliphatic heterocycles. The first-order chi connectivity index (χ1) is 21.5. The maximum Gasteiger partial charge on any atom is 0.524 e. The number of benzene rings is 2. The molecule has 2 aromatic carbocycles. The molecular formula is C31H36N5O8P. The highest BCUT2D eigenvalue weighted by atomic mass is 31.2. The zero-order chi connectivity index (χ0) is 32.1. The summed E-state index contributed by atoms with van der Waals surface area (Å²) in [5.41, 5.74) is 9.77. The molecule has 0 unspecified atom stereocenters. The fourth-order valence-electron chi connectivity index (χ4n) is 5.39. The number of anilines is 1. The van der Waals surface area contributed by atoms with Crippen molar-refractivity contribution < 1.29 is 38.3 Å². The van der Waals surface area contributed by atoms with Crippen molar-refractivity contribution in [1.82, 2.24) is 19.4 Å². The number of carbonyl (C=O) groups excluding carboxylic acids is 2. The fourth-order valence-corrected chi connectivity index (χ4v) is 5.82. The lowest BCUT2D eigenvalue weighted by Gasteiger charge is -2.16. The van der Waals surface area contributed by atoms with Crippen LogP contribution in [0.3, 0.4) is 0 Å². The minimum Gasteiger partial charge on any atom is -0.508 e. The van der Waals surface area contributed by atoms with Crippen molar-refractivity contribution in [3.8, 4) is 11.5 Å². The number of imide groups is 1. The summed E-state index contributed by atoms with van der Waals surface area (Å²) in [6.07, 6.45) is 7.03. The van der Waals surface area contributed by atoms with Gasteiger partial charge < -0.3 is 24.7 Å². The molecule has 2 amide bonds. The standard InChI is InChI=1S/C31H36N5O8P/c1-2-3-7-26-34-29-30(36(26)19-21-18-22(37)9-11-25(21)44-45(40,41)42)23-10-8-20(17-24(23)33-31(29)32)6-4-15-43-16-5-14-35-27(38)12-13-28(35)39/h8-13,17-18,37H,2-7,14-16,19H2,1H3,(H2,32,33)(H2,40,41,42). The third-order valence-electron chi connectivity index (χ3n) is 7.52. The Morgan fingerprint density at radius 1 is 0.956 bits per heavy atom. The third kappa shape index (κ3) is 7.69. The molecular weight excluding hydrogens is 601 g/mol. The number of ether oxygens (including phenoxy) is 1. The van der Waals surface area contributed by atoms with Gasteiger partial charge in [0, 0.05) is 49.3 Å². The SMILES string of the molecule is CCCCc1nc2c(N)nc3cc(CCCOCCCN4C(=O)C=CC4=O)ccc3c2n1Cc1cc(O)ccc1OP(=O)(O)O. The number of nitrogen functional groups attached to an aromatic ring is 1. The van der Waals surface area contributed by atoms with E-state index in [-0.39, 0.29) is 35.7 Å². The summed E-state index contributed by atoms with van der Waals surface area (Å²) < 4.78 is 24.3. The summed E-state index contributed by atoms with van der Waals surface area (Å²) in [6, 6.07) is 10.00. The molecule has 14 heteroatoms. The second-order valence-electron chi connectivity index (χ2n) is 10.9. The van der Waals surface area contributed by atoms with Crippen molar-refractivity contribution >= 4 is 47.4 Å². The van der Waals surface area contributed by atoms with Gasteiger partial charge in [-0.15, -0.1) is 0 Å². The topological polar surface area (TPSA) is 190 Å². The van der Waals surface area contributed by atoms with Gasteiger partial charge in [-0.1, -0.05) is 25.5 Å². The van der Waals surface area contributed by atoms with E-state index in [0.717, 1.165) is 48.0 Å². The Labute approximate surface area is 259 Å². The zero-order valence-corrected chi connectivity index (χ0v) is 25.8. The van der Waals surface area contributed by atoms with Crippen LogP contribution in [0.1, 0.15) is 49.6 Å². The Kier molecular flexibility index (Phi) is 9.83. The smallest absolute Gasteiger partial charge is 0.508 e. The van der Waals surface area contributed by atoms with Gasteiger partial charge in [-0.2, -0.15) is 0 Å². The highest BCUT2D eigenvalue weighted by Crippen LogP contribution is 2.41. The van der Waals surface area contributed by atoms with Crippen LogP contribution >= 0.6 is 7.82 Å². The van der Waals surface area contributed by atoms with Crippen LogP contribution in [0.2, 0.25) is 0 Å². The first-order valence-corrected chi connectivity index (χ1v) is 16.3. The van der Waals surface area contributed by atoms with Gasteiger partial charge in [0.05, 0.1) is 17.6 Å². The number of pyridine rings is 1. The van der Waals surface area contributed by atoms with Crippen molar-refractivity contribution in [3.05, 3.63) is 65.5 Å². The monoisotopic (exact) mass is 637 g/mol. The van der Waals surface area contributed by atoms with Gasteiger partial charge in [-0.05, 0) is 55.5 Å². The molecule has 13 nitrogen and oxygen atoms in total. The zero-order valence-electron chi connectivity index (χ0n) is 24.9. The minimum absolute atomic E-state index is 0.0460. The number of nitrogens with two attached hydrogens (primary N) is 1. The molecule has 2 aromatic heterocycles. The summed E-state index contributed by atoms with van der Waals surface area (Å²) in [7, 11) is -4.85. The predicted molar refractivity (Wildman–Crippen MR) is 168 cm³/mol. The van der Waals surface area contributed by atoms with Gasteiger partial charge in [0.15, 0.2) is 5.82 Å². The Morgan fingerprint density at radius 3 is 2.44 bits per heavy atom. The number of rotatable bonds is 15. The molecule has 0 fully saturated rings. The number of fused-ring (bicyclic) bond motifs is 3. The van der Waals surface area contributed by atoms with Crippen LogP contribution < -0.4 is 10.3 Å². The molecule has 0 spiro atoms. The Bertz CT molecular complexity index is 1800. The van der Waals surface area contributed by atoms with E-state index in [2.05, 4.69) is 11.9 Å². The van der Waals surface area contributed by atoms with E-state index in [9.17, 15) is 29.0 Å².